The number of nitrogens with one attached hydrogen (secondary N) is 2. The van der Waals surface area contributed by atoms with Crippen LogP contribution in [0.15, 0.2) is 12.4 Å². The number of hydrogen-bond donors (Lipinski definition) is 2. The summed E-state index contributed by atoms with van der Waals surface area (Å²) < 4.78 is 2.03. The van der Waals surface area contributed by atoms with Crippen LogP contribution in [0.3, 0.4) is 0 Å². The highest BCUT2D eigenvalue weighted by molar-refractivity contribution is 5.15. The van der Waals surface area contributed by atoms with E-state index in [-0.39, 0.29) is 0 Å². The molecule has 2 N–H and O–H groups in total. The van der Waals surface area contributed by atoms with Crippen LogP contribution in [-0.2, 0) is 13.5 Å². The minimum absolute atomic E-state index is 0.514. The van der Waals surface area contributed by atoms with Crippen molar-refractivity contribution in [2.24, 2.45) is 7.05 Å². The van der Waals surface area contributed by atoms with Crippen molar-refractivity contribution in [3.8, 4) is 0 Å². The average Bonchev–Trinajstić information content (AvgIpc) is 2.88. The fraction of sp³-hybridized carbons (Fsp3) is 0.500. The first-order chi connectivity index (χ1) is 7.27. The third kappa shape index (κ3) is 3.37. The fourth-order valence-corrected chi connectivity index (χ4v) is 1.00. The zero-order valence-electron chi connectivity index (χ0n) is 9.10. The Bertz CT molecular complexity index is 364. The molecule has 0 fully saturated rings. The van der Waals surface area contributed by atoms with E-state index in [0.29, 0.717) is 5.95 Å². The van der Waals surface area contributed by atoms with E-state index in [9.17, 15) is 0 Å². The zero-order chi connectivity index (χ0) is 11.1. The summed E-state index contributed by atoms with van der Waals surface area (Å²) in [7, 11) is 3.73. The second kappa shape index (κ2) is 5.74. The molecule has 0 aliphatic heterocycles. The predicted molar refractivity (Wildman–Crippen MR) is 56.3 cm³/mol. The highest BCUT2D eigenvalue weighted by Gasteiger charge is 1.90. The number of anilines is 1. The molecule has 0 saturated carbocycles. The summed E-state index contributed by atoms with van der Waals surface area (Å²) in [4.78, 5) is 4.10. The molecule has 0 radical (unpaired) electrons. The van der Waals surface area contributed by atoms with Gasteiger partial charge in [-0.2, -0.15) is 5.21 Å². The predicted octanol–water partition coefficient (Wildman–Crippen LogP) is 0.224. The first-order valence-corrected chi connectivity index (χ1v) is 4.65. The number of rotatable bonds is 2. The van der Waals surface area contributed by atoms with Gasteiger partial charge in [0.15, 0.2) is 0 Å². The molecule has 0 aliphatic rings. The van der Waals surface area contributed by atoms with Crippen molar-refractivity contribution in [1.82, 2.24) is 30.2 Å². The van der Waals surface area contributed by atoms with Crippen molar-refractivity contribution in [2.75, 3.05) is 12.4 Å². The molecule has 2 heterocycles. The highest BCUT2D eigenvalue weighted by atomic mass is 15.5. The molecular weight excluding hydrogens is 194 g/mol. The molecule has 2 rings (SSSR count). The molecule has 0 spiro atoms. The molecule has 0 atom stereocenters. The Morgan fingerprint density at radius 2 is 2.33 bits per heavy atom. The lowest BCUT2D eigenvalue weighted by atomic mass is 10.5. The maximum absolute atomic E-state index is 4.10. The first kappa shape index (κ1) is 11.2. The monoisotopic (exact) mass is 209 g/mol. The van der Waals surface area contributed by atoms with Gasteiger partial charge in [0.05, 0.1) is 0 Å². The summed E-state index contributed by atoms with van der Waals surface area (Å²) in [5.74, 6) is 1.66. The smallest absolute Gasteiger partial charge is 0.262 e. The summed E-state index contributed by atoms with van der Waals surface area (Å²) in [6.07, 6.45) is 4.79. The van der Waals surface area contributed by atoms with Gasteiger partial charge in [0.1, 0.15) is 5.82 Å². The summed E-state index contributed by atoms with van der Waals surface area (Å²) in [5, 5.41) is 15.4. The van der Waals surface area contributed by atoms with Crippen molar-refractivity contribution < 1.29 is 0 Å². The standard InChI is InChI=1S/C6H10N2.C2H5N5/c1-3-6-7-4-5-8(6)2;1-3-2-4-6-7-5-2/h4-5H,3H2,1-2H3;1H3,(H2,3,4,5,6,7). The lowest BCUT2D eigenvalue weighted by molar-refractivity contribution is 0.808. The Hall–Kier alpha value is -1.92. The Morgan fingerprint density at radius 3 is 2.60 bits per heavy atom. The van der Waals surface area contributed by atoms with Crippen LogP contribution in [0.5, 0.6) is 0 Å². The van der Waals surface area contributed by atoms with Gasteiger partial charge in [-0.05, 0) is 5.21 Å². The minimum Gasteiger partial charge on any atom is -0.355 e. The van der Waals surface area contributed by atoms with E-state index in [1.165, 1.54) is 0 Å². The molecule has 0 unspecified atom stereocenters. The third-order valence-corrected chi connectivity index (χ3v) is 1.81. The Balaban J connectivity index is 0.000000151. The molecule has 0 aliphatic carbocycles. The Morgan fingerprint density at radius 1 is 1.53 bits per heavy atom. The third-order valence-electron chi connectivity index (χ3n) is 1.81. The topological polar surface area (TPSA) is 84.3 Å². The van der Waals surface area contributed by atoms with Crippen LogP contribution in [0, 0.1) is 0 Å². The van der Waals surface area contributed by atoms with E-state index in [2.05, 4.69) is 37.8 Å². The zero-order valence-corrected chi connectivity index (χ0v) is 9.10. The van der Waals surface area contributed by atoms with Gasteiger partial charge in [-0.1, -0.05) is 12.0 Å². The molecule has 7 nitrogen and oxygen atoms in total. The van der Waals surface area contributed by atoms with Crippen LogP contribution >= 0.6 is 0 Å². The van der Waals surface area contributed by atoms with Crippen molar-refractivity contribution in [3.63, 3.8) is 0 Å². The van der Waals surface area contributed by atoms with Gasteiger partial charge < -0.3 is 9.88 Å². The number of nitrogens with zero attached hydrogens (tertiary/aromatic N) is 5. The van der Waals surface area contributed by atoms with Crippen molar-refractivity contribution >= 4 is 5.95 Å². The number of aryl methyl sites for hydroxylation is 2. The Kier molecular flexibility index (Phi) is 4.27. The molecular formula is C8H15N7. The van der Waals surface area contributed by atoms with Crippen LogP contribution in [0.25, 0.3) is 0 Å². The van der Waals surface area contributed by atoms with Gasteiger partial charge in [0, 0.05) is 32.9 Å². The fourth-order valence-electron chi connectivity index (χ4n) is 1.00. The number of aromatic nitrogens is 6. The van der Waals surface area contributed by atoms with Crippen LogP contribution in [0.2, 0.25) is 0 Å². The normalized spacial score (nSPS) is 9.27. The number of imidazole rings is 1. The van der Waals surface area contributed by atoms with Gasteiger partial charge in [0.2, 0.25) is 0 Å². The molecule has 0 saturated heterocycles. The minimum atomic E-state index is 0.514. The molecule has 2 aromatic heterocycles. The largest absolute Gasteiger partial charge is 0.355 e. The first-order valence-electron chi connectivity index (χ1n) is 4.65. The molecule has 0 amide bonds. The quantitative estimate of drug-likeness (QED) is 0.739. The van der Waals surface area contributed by atoms with E-state index in [0.717, 1.165) is 12.2 Å². The maximum Gasteiger partial charge on any atom is 0.262 e. The van der Waals surface area contributed by atoms with E-state index in [1.54, 1.807) is 7.05 Å². The van der Waals surface area contributed by atoms with Crippen LogP contribution < -0.4 is 5.32 Å². The number of aromatic amines is 1. The van der Waals surface area contributed by atoms with E-state index >= 15 is 0 Å². The summed E-state index contributed by atoms with van der Waals surface area (Å²) in [6.45, 7) is 2.10. The average molecular weight is 209 g/mol. The molecule has 82 valence electrons. The summed E-state index contributed by atoms with van der Waals surface area (Å²) in [6, 6.07) is 0. The van der Waals surface area contributed by atoms with Gasteiger partial charge in [-0.15, -0.1) is 5.10 Å². The van der Waals surface area contributed by atoms with Crippen molar-refractivity contribution in [3.05, 3.63) is 18.2 Å². The second-order valence-corrected chi connectivity index (χ2v) is 2.79. The molecule has 15 heavy (non-hydrogen) atoms. The van der Waals surface area contributed by atoms with Crippen LogP contribution in [-0.4, -0.2) is 37.2 Å². The van der Waals surface area contributed by atoms with Gasteiger partial charge in [0.25, 0.3) is 5.95 Å². The number of hydrogen-bond acceptors (Lipinski definition) is 5. The van der Waals surface area contributed by atoms with Crippen molar-refractivity contribution in [2.45, 2.75) is 13.3 Å². The summed E-state index contributed by atoms with van der Waals surface area (Å²) in [5.41, 5.74) is 0. The number of tetrazole rings is 1. The summed E-state index contributed by atoms with van der Waals surface area (Å²) >= 11 is 0. The lowest BCUT2D eigenvalue weighted by Gasteiger charge is -1.92. The molecule has 0 aromatic carbocycles. The van der Waals surface area contributed by atoms with E-state index in [4.69, 9.17) is 0 Å². The second-order valence-electron chi connectivity index (χ2n) is 2.79. The Labute approximate surface area is 87.9 Å². The van der Waals surface area contributed by atoms with E-state index < -0.39 is 0 Å². The number of H-pyrrole nitrogens is 1. The van der Waals surface area contributed by atoms with Crippen LogP contribution in [0.4, 0.5) is 5.95 Å². The van der Waals surface area contributed by atoms with Crippen LogP contribution in [0.1, 0.15) is 12.7 Å². The lowest BCUT2D eigenvalue weighted by Crippen LogP contribution is -1.92. The van der Waals surface area contributed by atoms with Gasteiger partial charge in [-0.3, -0.25) is 0 Å². The van der Waals surface area contributed by atoms with Gasteiger partial charge >= 0.3 is 0 Å². The molecule has 2 aromatic rings. The SMILES string of the molecule is CCc1nccn1C.CNc1nn[nH]n1. The van der Waals surface area contributed by atoms with E-state index in [1.807, 2.05) is 24.0 Å². The molecule has 0 bridgehead atoms. The van der Waals surface area contributed by atoms with Gasteiger partial charge in [-0.25, -0.2) is 4.98 Å². The highest BCUT2D eigenvalue weighted by Crippen LogP contribution is 1.92. The molecule has 7 heteroatoms. The van der Waals surface area contributed by atoms with Crippen molar-refractivity contribution in [1.29, 1.82) is 0 Å². The maximum atomic E-state index is 4.10.